The summed E-state index contributed by atoms with van der Waals surface area (Å²) in [6.07, 6.45) is -4.32. The molecule has 0 unspecified atom stereocenters. The maximum atomic E-state index is 12.3. The fourth-order valence-electron chi connectivity index (χ4n) is 1.13. The Morgan fingerprint density at radius 2 is 1.82 bits per heavy atom. The number of hydrogen-bond donors (Lipinski definition) is 1. The summed E-state index contributed by atoms with van der Waals surface area (Å²) in [5.41, 5.74) is 2.75. The average Bonchev–Trinajstić information content (AvgIpc) is 2.25. The number of nitrogens with one attached hydrogen (secondary N) is 1. The van der Waals surface area contributed by atoms with Gasteiger partial charge in [-0.3, -0.25) is 9.80 Å². The van der Waals surface area contributed by atoms with Crippen LogP contribution in [0.1, 0.15) is 18.1 Å². The molecular weight excluding hydrogens is 233 g/mol. The molecule has 0 spiro atoms. The lowest BCUT2D eigenvalue weighted by Crippen LogP contribution is -2.37. The molecule has 1 rings (SSSR count). The molecule has 0 radical (unpaired) electrons. The van der Waals surface area contributed by atoms with Gasteiger partial charge in [0.05, 0.1) is 5.56 Å². The van der Waals surface area contributed by atoms with Gasteiger partial charge in [-0.05, 0) is 17.7 Å². The highest BCUT2D eigenvalue weighted by Gasteiger charge is 2.29. The highest BCUT2D eigenvalue weighted by Crippen LogP contribution is 2.28. The Labute approximate surface area is 97.2 Å². The first-order valence-corrected chi connectivity index (χ1v) is 4.94. The summed E-state index contributed by atoms with van der Waals surface area (Å²) in [4.78, 5) is 10.9. The number of rotatable bonds is 3. The van der Waals surface area contributed by atoms with E-state index in [2.05, 4.69) is 5.43 Å². The van der Waals surface area contributed by atoms with E-state index >= 15 is 0 Å². The molecule has 1 aromatic rings. The van der Waals surface area contributed by atoms with Gasteiger partial charge >= 0.3 is 6.18 Å². The van der Waals surface area contributed by atoms with E-state index in [0.29, 0.717) is 12.1 Å². The number of carbonyl (C=O) groups is 1. The smallest absolute Gasteiger partial charge is 0.281 e. The second kappa shape index (κ2) is 5.18. The molecule has 0 saturated heterocycles. The molecule has 0 heterocycles. The second-order valence-electron chi connectivity index (χ2n) is 3.61. The molecule has 1 aromatic carbocycles. The largest absolute Gasteiger partial charge is 0.416 e. The van der Waals surface area contributed by atoms with Crippen molar-refractivity contribution in [3.05, 3.63) is 35.4 Å². The maximum Gasteiger partial charge on any atom is 0.416 e. The number of benzene rings is 1. The molecule has 0 aliphatic heterocycles. The van der Waals surface area contributed by atoms with Crippen LogP contribution in [-0.2, 0) is 17.5 Å². The van der Waals surface area contributed by atoms with Crippen molar-refractivity contribution in [2.45, 2.75) is 19.6 Å². The van der Waals surface area contributed by atoms with E-state index in [9.17, 15) is 18.0 Å². The Morgan fingerprint density at radius 1 is 1.29 bits per heavy atom. The SMILES string of the molecule is CC(=O)N(C)NCc1ccc(C(F)(F)F)cc1. The minimum Gasteiger partial charge on any atom is -0.281 e. The number of nitrogens with zero attached hydrogens (tertiary/aromatic N) is 1. The Balaban J connectivity index is 2.60. The quantitative estimate of drug-likeness (QED) is 0.829. The second-order valence-corrected chi connectivity index (χ2v) is 3.61. The van der Waals surface area contributed by atoms with E-state index in [-0.39, 0.29) is 5.91 Å². The summed E-state index contributed by atoms with van der Waals surface area (Å²) in [7, 11) is 1.55. The molecule has 1 N–H and O–H groups in total. The molecule has 6 heteroatoms. The van der Waals surface area contributed by atoms with Gasteiger partial charge in [-0.1, -0.05) is 12.1 Å². The van der Waals surface area contributed by atoms with E-state index in [0.717, 1.165) is 12.1 Å². The van der Waals surface area contributed by atoms with Crippen molar-refractivity contribution in [3.63, 3.8) is 0 Å². The lowest BCUT2D eigenvalue weighted by molar-refractivity contribution is -0.137. The average molecular weight is 246 g/mol. The first-order valence-electron chi connectivity index (χ1n) is 4.94. The van der Waals surface area contributed by atoms with Crippen molar-refractivity contribution in [2.75, 3.05) is 7.05 Å². The van der Waals surface area contributed by atoms with E-state index in [1.54, 1.807) is 7.05 Å². The third-order valence-corrected chi connectivity index (χ3v) is 2.27. The number of alkyl halides is 3. The highest BCUT2D eigenvalue weighted by atomic mass is 19.4. The van der Waals surface area contributed by atoms with E-state index in [1.807, 2.05) is 0 Å². The maximum absolute atomic E-state index is 12.3. The van der Waals surface area contributed by atoms with Crippen LogP contribution >= 0.6 is 0 Å². The molecule has 0 aromatic heterocycles. The molecule has 3 nitrogen and oxygen atoms in total. The van der Waals surface area contributed by atoms with Gasteiger partial charge in [0.1, 0.15) is 0 Å². The standard InChI is InChI=1S/C11H13F3N2O/c1-8(17)16(2)15-7-9-3-5-10(6-4-9)11(12,13)14/h3-6,15H,7H2,1-2H3. The molecule has 0 aliphatic rings. The van der Waals surface area contributed by atoms with Gasteiger partial charge in [0, 0.05) is 20.5 Å². The molecule has 1 amide bonds. The van der Waals surface area contributed by atoms with Crippen molar-refractivity contribution >= 4 is 5.91 Å². The fourth-order valence-corrected chi connectivity index (χ4v) is 1.13. The van der Waals surface area contributed by atoms with Crippen LogP contribution in [0.25, 0.3) is 0 Å². The van der Waals surface area contributed by atoms with Crippen molar-refractivity contribution in [2.24, 2.45) is 0 Å². The van der Waals surface area contributed by atoms with Crippen LogP contribution in [-0.4, -0.2) is 18.0 Å². The van der Waals surface area contributed by atoms with Crippen molar-refractivity contribution in [3.8, 4) is 0 Å². The van der Waals surface area contributed by atoms with Crippen molar-refractivity contribution in [1.29, 1.82) is 0 Å². The number of halogens is 3. The van der Waals surface area contributed by atoms with E-state index < -0.39 is 11.7 Å². The lowest BCUT2D eigenvalue weighted by Gasteiger charge is -2.16. The zero-order valence-corrected chi connectivity index (χ0v) is 9.51. The van der Waals surface area contributed by atoms with Crippen LogP contribution in [0.2, 0.25) is 0 Å². The highest BCUT2D eigenvalue weighted by molar-refractivity contribution is 5.72. The van der Waals surface area contributed by atoms with Crippen molar-refractivity contribution in [1.82, 2.24) is 10.4 Å². The van der Waals surface area contributed by atoms with Crippen molar-refractivity contribution < 1.29 is 18.0 Å². The number of carbonyl (C=O) groups excluding carboxylic acids is 1. The number of hydrazine groups is 1. The minimum atomic E-state index is -4.32. The molecule has 0 bridgehead atoms. The Hall–Kier alpha value is -1.56. The third kappa shape index (κ3) is 4.07. The molecule has 0 atom stereocenters. The Morgan fingerprint density at radius 3 is 2.24 bits per heavy atom. The first kappa shape index (κ1) is 13.5. The zero-order chi connectivity index (χ0) is 13.1. The lowest BCUT2D eigenvalue weighted by atomic mass is 10.1. The molecule has 17 heavy (non-hydrogen) atoms. The number of amides is 1. The van der Waals surface area contributed by atoms with Crippen LogP contribution in [0.5, 0.6) is 0 Å². The van der Waals surface area contributed by atoms with Crippen LogP contribution < -0.4 is 5.43 Å². The van der Waals surface area contributed by atoms with Crippen LogP contribution in [0.4, 0.5) is 13.2 Å². The minimum absolute atomic E-state index is 0.170. The fraction of sp³-hybridized carbons (Fsp3) is 0.364. The number of hydrogen-bond acceptors (Lipinski definition) is 2. The molecule has 0 fully saturated rings. The molecule has 94 valence electrons. The molecule has 0 aliphatic carbocycles. The summed E-state index contributed by atoms with van der Waals surface area (Å²) in [5, 5.41) is 1.28. The summed E-state index contributed by atoms with van der Waals surface area (Å²) < 4.78 is 36.8. The third-order valence-electron chi connectivity index (χ3n) is 2.27. The topological polar surface area (TPSA) is 32.3 Å². The molecular formula is C11H13F3N2O. The van der Waals surface area contributed by atoms with Gasteiger partial charge in [0.15, 0.2) is 0 Å². The summed E-state index contributed by atoms with van der Waals surface area (Å²) in [6, 6.07) is 4.79. The Bertz CT molecular complexity index is 387. The zero-order valence-electron chi connectivity index (χ0n) is 9.51. The summed E-state index contributed by atoms with van der Waals surface area (Å²) >= 11 is 0. The normalized spacial score (nSPS) is 11.4. The summed E-state index contributed by atoms with van der Waals surface area (Å²) in [6.45, 7) is 1.69. The van der Waals surface area contributed by atoms with Crippen LogP contribution in [0.15, 0.2) is 24.3 Å². The van der Waals surface area contributed by atoms with E-state index in [1.165, 1.54) is 24.1 Å². The van der Waals surface area contributed by atoms with Gasteiger partial charge < -0.3 is 0 Å². The predicted octanol–water partition coefficient (Wildman–Crippen LogP) is 2.19. The van der Waals surface area contributed by atoms with Gasteiger partial charge in [-0.15, -0.1) is 0 Å². The predicted molar refractivity (Wildman–Crippen MR) is 56.7 cm³/mol. The van der Waals surface area contributed by atoms with Crippen LogP contribution in [0, 0.1) is 0 Å². The van der Waals surface area contributed by atoms with Crippen LogP contribution in [0.3, 0.4) is 0 Å². The Kier molecular flexibility index (Phi) is 4.11. The van der Waals surface area contributed by atoms with Gasteiger partial charge in [0.2, 0.25) is 5.91 Å². The van der Waals surface area contributed by atoms with Gasteiger partial charge in [0.25, 0.3) is 0 Å². The monoisotopic (exact) mass is 246 g/mol. The summed E-state index contributed by atoms with van der Waals surface area (Å²) in [5.74, 6) is -0.170. The molecule has 0 saturated carbocycles. The van der Waals surface area contributed by atoms with Gasteiger partial charge in [-0.25, -0.2) is 5.43 Å². The van der Waals surface area contributed by atoms with Gasteiger partial charge in [-0.2, -0.15) is 13.2 Å². The van der Waals surface area contributed by atoms with E-state index in [4.69, 9.17) is 0 Å². The first-order chi connectivity index (χ1) is 7.80.